The number of amides is 4. The molecule has 0 saturated carbocycles. The molecular weight excluding hydrogens is 352 g/mol. The lowest BCUT2D eigenvalue weighted by molar-refractivity contribution is -0.122. The highest BCUT2D eigenvalue weighted by Crippen LogP contribution is 2.31. The minimum absolute atomic E-state index is 0.0788. The van der Waals surface area contributed by atoms with E-state index in [-0.39, 0.29) is 22.8 Å². The molecule has 0 bridgehead atoms. The molecule has 0 radical (unpaired) electrons. The van der Waals surface area contributed by atoms with Crippen LogP contribution in [0.3, 0.4) is 0 Å². The number of ether oxygens (including phenoxy) is 2. The number of carbonyl (C=O) groups is 3. The Bertz CT molecular complexity index is 966. The summed E-state index contributed by atoms with van der Waals surface area (Å²) in [5.41, 5.74) is 0.412. The van der Waals surface area contributed by atoms with Crippen LogP contribution < -0.4 is 19.7 Å². The Morgan fingerprint density at radius 3 is 2.41 bits per heavy atom. The molecule has 0 atom stereocenters. The largest absolute Gasteiger partial charge is 0.504 e. The van der Waals surface area contributed by atoms with Crippen LogP contribution in [0.2, 0.25) is 0 Å². The van der Waals surface area contributed by atoms with E-state index in [9.17, 15) is 19.5 Å². The summed E-state index contributed by atoms with van der Waals surface area (Å²) < 4.78 is 10.2. The number of para-hydroxylation sites is 2. The number of imide groups is 2. The fourth-order valence-electron chi connectivity index (χ4n) is 2.64. The number of benzene rings is 2. The average molecular weight is 368 g/mol. The van der Waals surface area contributed by atoms with Gasteiger partial charge in [0.2, 0.25) is 0 Å². The molecule has 27 heavy (non-hydrogen) atoms. The Labute approximate surface area is 154 Å². The highest BCUT2D eigenvalue weighted by molar-refractivity contribution is 6.39. The smallest absolute Gasteiger partial charge is 0.336 e. The van der Waals surface area contributed by atoms with Gasteiger partial charge in [-0.15, -0.1) is 0 Å². The van der Waals surface area contributed by atoms with Crippen LogP contribution in [0.4, 0.5) is 10.5 Å². The molecule has 138 valence electrons. The molecule has 1 saturated heterocycles. The highest BCUT2D eigenvalue weighted by Gasteiger charge is 2.38. The lowest BCUT2D eigenvalue weighted by atomic mass is 10.1. The number of carbonyl (C=O) groups excluding carboxylic acids is 3. The van der Waals surface area contributed by atoms with E-state index in [1.165, 1.54) is 44.6 Å². The third-order valence-corrected chi connectivity index (χ3v) is 3.94. The Balaban J connectivity index is 2.05. The second-order valence-electron chi connectivity index (χ2n) is 5.56. The van der Waals surface area contributed by atoms with E-state index < -0.39 is 17.8 Å². The van der Waals surface area contributed by atoms with Crippen molar-refractivity contribution < 1.29 is 29.0 Å². The zero-order valence-electron chi connectivity index (χ0n) is 14.6. The van der Waals surface area contributed by atoms with Crippen LogP contribution >= 0.6 is 0 Å². The SMILES string of the molecule is COc1cc(/C=C2/C(=O)NC(=O)N(c3ccccc3OC)C2=O)ccc1O. The van der Waals surface area contributed by atoms with Crippen molar-refractivity contribution in [1.29, 1.82) is 0 Å². The van der Waals surface area contributed by atoms with Gasteiger partial charge in [-0.1, -0.05) is 18.2 Å². The van der Waals surface area contributed by atoms with Crippen molar-refractivity contribution in [3.63, 3.8) is 0 Å². The van der Waals surface area contributed by atoms with E-state index in [4.69, 9.17) is 9.47 Å². The van der Waals surface area contributed by atoms with Crippen molar-refractivity contribution in [2.45, 2.75) is 0 Å². The molecule has 0 aliphatic carbocycles. The van der Waals surface area contributed by atoms with Crippen molar-refractivity contribution in [2.75, 3.05) is 19.1 Å². The summed E-state index contributed by atoms with van der Waals surface area (Å²) in [4.78, 5) is 38.2. The monoisotopic (exact) mass is 368 g/mol. The zero-order valence-corrected chi connectivity index (χ0v) is 14.6. The number of phenols is 1. The fourth-order valence-corrected chi connectivity index (χ4v) is 2.64. The number of hydrogen-bond acceptors (Lipinski definition) is 6. The van der Waals surface area contributed by atoms with Gasteiger partial charge in [-0.3, -0.25) is 14.9 Å². The number of barbiturate groups is 1. The fraction of sp³-hybridized carbons (Fsp3) is 0.105. The van der Waals surface area contributed by atoms with Crippen molar-refractivity contribution in [1.82, 2.24) is 5.32 Å². The maximum Gasteiger partial charge on any atom is 0.336 e. The summed E-state index contributed by atoms with van der Waals surface area (Å²) in [6, 6.07) is 9.95. The zero-order chi connectivity index (χ0) is 19.6. The molecule has 4 amide bonds. The van der Waals surface area contributed by atoms with Crippen molar-refractivity contribution in [2.24, 2.45) is 0 Å². The summed E-state index contributed by atoms with van der Waals surface area (Å²) in [6.45, 7) is 0. The number of nitrogens with zero attached hydrogens (tertiary/aromatic N) is 1. The number of nitrogens with one attached hydrogen (secondary N) is 1. The van der Waals surface area contributed by atoms with Gasteiger partial charge in [0.05, 0.1) is 19.9 Å². The molecule has 2 aromatic carbocycles. The minimum atomic E-state index is -0.866. The van der Waals surface area contributed by atoms with Crippen molar-refractivity contribution >= 4 is 29.6 Å². The molecule has 1 heterocycles. The predicted molar refractivity (Wildman–Crippen MR) is 96.7 cm³/mol. The second kappa shape index (κ2) is 7.20. The van der Waals surface area contributed by atoms with Gasteiger partial charge in [0.15, 0.2) is 11.5 Å². The molecule has 0 aromatic heterocycles. The molecule has 1 aliphatic heterocycles. The third-order valence-electron chi connectivity index (χ3n) is 3.94. The normalized spacial score (nSPS) is 15.7. The van der Waals surface area contributed by atoms with E-state index in [1.807, 2.05) is 0 Å². The van der Waals surface area contributed by atoms with Crippen molar-refractivity contribution in [3.05, 3.63) is 53.6 Å². The Hall–Kier alpha value is -3.81. The molecule has 0 spiro atoms. The Morgan fingerprint density at radius 2 is 1.70 bits per heavy atom. The molecule has 0 unspecified atom stereocenters. The summed E-state index contributed by atoms with van der Waals surface area (Å²) >= 11 is 0. The summed E-state index contributed by atoms with van der Waals surface area (Å²) in [7, 11) is 2.79. The van der Waals surface area contributed by atoms with E-state index in [0.29, 0.717) is 11.3 Å². The topological polar surface area (TPSA) is 105 Å². The van der Waals surface area contributed by atoms with Crippen LogP contribution in [0.1, 0.15) is 5.56 Å². The maximum atomic E-state index is 12.9. The van der Waals surface area contributed by atoms with Gasteiger partial charge in [0.25, 0.3) is 11.8 Å². The van der Waals surface area contributed by atoms with Crippen LogP contribution in [-0.4, -0.2) is 37.2 Å². The van der Waals surface area contributed by atoms with Gasteiger partial charge in [-0.25, -0.2) is 9.69 Å². The Morgan fingerprint density at radius 1 is 1.00 bits per heavy atom. The first-order valence-corrected chi connectivity index (χ1v) is 7.87. The minimum Gasteiger partial charge on any atom is -0.504 e. The number of phenolic OH excluding ortho intramolecular Hbond substituents is 1. The first-order valence-electron chi connectivity index (χ1n) is 7.87. The quantitative estimate of drug-likeness (QED) is 0.632. The van der Waals surface area contributed by atoms with Crippen LogP contribution in [0.5, 0.6) is 17.2 Å². The Kier molecular flexibility index (Phi) is 4.80. The first-order chi connectivity index (χ1) is 13.0. The molecule has 1 aliphatic rings. The van der Waals surface area contributed by atoms with E-state index >= 15 is 0 Å². The van der Waals surface area contributed by atoms with Gasteiger partial charge in [0, 0.05) is 0 Å². The number of hydrogen-bond donors (Lipinski definition) is 2. The standard InChI is InChI=1S/C19H16N2O6/c1-26-15-6-4-3-5-13(15)21-18(24)12(17(23)20-19(21)25)9-11-7-8-14(22)16(10-11)27-2/h3-10,22H,1-2H3,(H,20,23,25)/b12-9-. The molecular formula is C19H16N2O6. The molecule has 2 aromatic rings. The second-order valence-corrected chi connectivity index (χ2v) is 5.56. The van der Waals surface area contributed by atoms with Gasteiger partial charge in [0.1, 0.15) is 11.3 Å². The van der Waals surface area contributed by atoms with Gasteiger partial charge < -0.3 is 14.6 Å². The predicted octanol–water partition coefficient (Wildman–Crippen LogP) is 2.08. The molecule has 8 nitrogen and oxygen atoms in total. The molecule has 8 heteroatoms. The lowest BCUT2D eigenvalue weighted by Gasteiger charge is -2.27. The van der Waals surface area contributed by atoms with E-state index in [1.54, 1.807) is 18.2 Å². The van der Waals surface area contributed by atoms with Crippen LogP contribution in [0.15, 0.2) is 48.0 Å². The number of aromatic hydroxyl groups is 1. The van der Waals surface area contributed by atoms with Crippen LogP contribution in [0.25, 0.3) is 6.08 Å². The molecule has 3 rings (SSSR count). The van der Waals surface area contributed by atoms with Crippen molar-refractivity contribution in [3.8, 4) is 17.2 Å². The number of methoxy groups -OCH3 is 2. The van der Waals surface area contributed by atoms with Crippen LogP contribution in [0, 0.1) is 0 Å². The average Bonchev–Trinajstić information content (AvgIpc) is 2.66. The number of urea groups is 1. The first kappa shape index (κ1) is 18.0. The summed E-state index contributed by atoms with van der Waals surface area (Å²) in [5.74, 6) is -1.19. The third kappa shape index (κ3) is 3.32. The molecule has 2 N–H and O–H groups in total. The number of anilines is 1. The summed E-state index contributed by atoms with van der Waals surface area (Å²) in [6.07, 6.45) is 1.31. The van der Waals surface area contributed by atoms with Gasteiger partial charge in [-0.05, 0) is 35.9 Å². The van der Waals surface area contributed by atoms with Gasteiger partial charge in [-0.2, -0.15) is 0 Å². The van der Waals surface area contributed by atoms with E-state index in [2.05, 4.69) is 5.32 Å². The van der Waals surface area contributed by atoms with E-state index in [0.717, 1.165) is 4.90 Å². The molecule has 1 fully saturated rings. The number of rotatable bonds is 4. The summed E-state index contributed by atoms with van der Waals surface area (Å²) in [5, 5.41) is 11.8. The lowest BCUT2D eigenvalue weighted by Crippen LogP contribution is -2.54. The van der Waals surface area contributed by atoms with Crippen LogP contribution in [-0.2, 0) is 9.59 Å². The highest BCUT2D eigenvalue weighted by atomic mass is 16.5. The van der Waals surface area contributed by atoms with Gasteiger partial charge >= 0.3 is 6.03 Å². The maximum absolute atomic E-state index is 12.9.